The van der Waals surface area contributed by atoms with Crippen LogP contribution in [0.1, 0.15) is 48.1 Å². The Balaban J connectivity index is 1.45. The number of nitrogens with zero attached hydrogens (tertiary/aromatic N) is 2. The number of fused-ring (bicyclic) bond motifs is 1. The Morgan fingerprint density at radius 2 is 2.04 bits per heavy atom. The molecule has 0 radical (unpaired) electrons. The molecule has 1 amide bonds. The molecule has 1 aromatic heterocycles. The molecule has 0 bridgehead atoms. The number of hydrogen-bond donors (Lipinski definition) is 1. The number of benzene rings is 1. The van der Waals surface area contributed by atoms with Gasteiger partial charge in [0.25, 0.3) is 5.91 Å². The van der Waals surface area contributed by atoms with Crippen LogP contribution in [0.25, 0.3) is 0 Å². The predicted octanol–water partition coefficient (Wildman–Crippen LogP) is 4.03. The number of ether oxygens (including phenoxy) is 1. The summed E-state index contributed by atoms with van der Waals surface area (Å²) in [5, 5.41) is 3.33. The van der Waals surface area contributed by atoms with E-state index in [-0.39, 0.29) is 17.8 Å². The zero-order chi connectivity index (χ0) is 18.8. The van der Waals surface area contributed by atoms with Crippen molar-refractivity contribution in [3.05, 3.63) is 53.5 Å². The molecule has 2 aromatic rings. The first kappa shape index (κ1) is 17.8. The van der Waals surface area contributed by atoms with E-state index in [0.717, 1.165) is 37.9 Å². The molecule has 142 valence electrons. The van der Waals surface area contributed by atoms with Gasteiger partial charge in [0.2, 0.25) is 0 Å². The number of pyridine rings is 1. The summed E-state index contributed by atoms with van der Waals surface area (Å²) >= 11 is 0. The van der Waals surface area contributed by atoms with E-state index in [0.29, 0.717) is 29.7 Å². The van der Waals surface area contributed by atoms with Crippen molar-refractivity contribution in [2.75, 3.05) is 25.0 Å². The van der Waals surface area contributed by atoms with Gasteiger partial charge in [0.1, 0.15) is 5.82 Å². The Morgan fingerprint density at radius 3 is 2.78 bits per heavy atom. The third-order valence-corrected chi connectivity index (χ3v) is 5.43. The number of carbonyl (C=O) groups excluding carboxylic acids is 1. The molecular formula is C21H24FN3O2. The van der Waals surface area contributed by atoms with Crippen LogP contribution in [0, 0.1) is 11.7 Å². The van der Waals surface area contributed by atoms with Crippen LogP contribution in [0.15, 0.2) is 36.5 Å². The third kappa shape index (κ3) is 3.75. The van der Waals surface area contributed by atoms with E-state index in [1.807, 2.05) is 23.1 Å². The Morgan fingerprint density at radius 1 is 1.22 bits per heavy atom. The van der Waals surface area contributed by atoms with Gasteiger partial charge in [-0.05, 0) is 37.0 Å². The molecule has 2 aliphatic rings. The molecule has 2 aliphatic heterocycles. The zero-order valence-electron chi connectivity index (χ0n) is 15.5. The lowest BCUT2D eigenvalue weighted by atomic mass is 9.99. The molecule has 3 heterocycles. The summed E-state index contributed by atoms with van der Waals surface area (Å²) < 4.78 is 19.4. The van der Waals surface area contributed by atoms with Gasteiger partial charge in [0, 0.05) is 31.3 Å². The summed E-state index contributed by atoms with van der Waals surface area (Å²) in [6.45, 7) is 4.30. The number of nitrogens with one attached hydrogen (secondary N) is 1. The predicted molar refractivity (Wildman–Crippen MR) is 101 cm³/mol. The highest BCUT2D eigenvalue weighted by Crippen LogP contribution is 2.35. The minimum absolute atomic E-state index is 0.0411. The van der Waals surface area contributed by atoms with Crippen molar-refractivity contribution < 1.29 is 13.9 Å². The second kappa shape index (κ2) is 7.55. The second-order valence-corrected chi connectivity index (χ2v) is 7.40. The maximum Gasteiger partial charge on any atom is 0.255 e. The van der Waals surface area contributed by atoms with E-state index in [2.05, 4.69) is 17.2 Å². The molecule has 0 unspecified atom stereocenters. The monoisotopic (exact) mass is 369 g/mol. The number of rotatable bonds is 3. The molecule has 0 saturated carbocycles. The minimum atomic E-state index is -0.344. The quantitative estimate of drug-likeness (QED) is 0.888. The van der Waals surface area contributed by atoms with Crippen molar-refractivity contribution in [1.82, 2.24) is 9.88 Å². The number of anilines is 1. The van der Waals surface area contributed by atoms with Gasteiger partial charge >= 0.3 is 0 Å². The first-order valence-corrected chi connectivity index (χ1v) is 9.55. The Bertz CT molecular complexity index is 817. The van der Waals surface area contributed by atoms with Gasteiger partial charge < -0.3 is 15.0 Å². The van der Waals surface area contributed by atoms with Crippen molar-refractivity contribution >= 4 is 11.7 Å². The molecule has 1 N–H and O–H groups in total. The molecule has 1 fully saturated rings. The lowest BCUT2D eigenvalue weighted by molar-refractivity contribution is 0.0697. The number of para-hydroxylation sites is 1. The van der Waals surface area contributed by atoms with Gasteiger partial charge in [-0.25, -0.2) is 9.37 Å². The van der Waals surface area contributed by atoms with Gasteiger partial charge in [-0.3, -0.25) is 4.79 Å². The van der Waals surface area contributed by atoms with Crippen LogP contribution in [0.4, 0.5) is 10.2 Å². The molecule has 1 aromatic carbocycles. The standard InChI is InChI=1S/C21H24FN3O2/c1-14-7-10-25(11-8-14)21(26)15-5-6-19(23-13-15)24-18-9-12-27-20-16(18)3-2-4-17(20)22/h2-6,13-14,18H,7-12H2,1H3,(H,23,24)/t18-/m0/s1. The van der Waals surface area contributed by atoms with Gasteiger partial charge in [0.15, 0.2) is 11.6 Å². The molecule has 6 heteroatoms. The summed E-state index contributed by atoms with van der Waals surface area (Å²) in [4.78, 5) is 18.9. The summed E-state index contributed by atoms with van der Waals surface area (Å²) in [6.07, 6.45) is 4.45. The number of likely N-dealkylation sites (tertiary alicyclic amines) is 1. The summed E-state index contributed by atoms with van der Waals surface area (Å²) in [6, 6.07) is 8.51. The molecule has 5 nitrogen and oxygen atoms in total. The van der Waals surface area contributed by atoms with Crippen LogP contribution in [0.2, 0.25) is 0 Å². The summed E-state index contributed by atoms with van der Waals surface area (Å²) in [7, 11) is 0. The molecular weight excluding hydrogens is 345 g/mol. The molecule has 1 saturated heterocycles. The minimum Gasteiger partial charge on any atom is -0.490 e. The van der Waals surface area contributed by atoms with E-state index in [9.17, 15) is 9.18 Å². The van der Waals surface area contributed by atoms with Crippen LogP contribution in [-0.2, 0) is 0 Å². The average Bonchev–Trinajstić information content (AvgIpc) is 2.69. The number of piperidine rings is 1. The van der Waals surface area contributed by atoms with Crippen molar-refractivity contribution in [2.45, 2.75) is 32.2 Å². The maximum absolute atomic E-state index is 13.9. The smallest absolute Gasteiger partial charge is 0.255 e. The van der Waals surface area contributed by atoms with Crippen molar-refractivity contribution in [3.63, 3.8) is 0 Å². The topological polar surface area (TPSA) is 54.5 Å². The number of aromatic nitrogens is 1. The van der Waals surface area contributed by atoms with Gasteiger partial charge in [0.05, 0.1) is 18.2 Å². The van der Waals surface area contributed by atoms with E-state index >= 15 is 0 Å². The molecule has 4 rings (SSSR count). The first-order chi connectivity index (χ1) is 13.1. The van der Waals surface area contributed by atoms with Crippen molar-refractivity contribution in [2.24, 2.45) is 5.92 Å². The number of halogens is 1. The fourth-order valence-electron chi connectivity index (χ4n) is 3.71. The van der Waals surface area contributed by atoms with Crippen LogP contribution in [0.3, 0.4) is 0 Å². The maximum atomic E-state index is 13.9. The van der Waals surface area contributed by atoms with Crippen LogP contribution in [0.5, 0.6) is 5.75 Å². The average molecular weight is 369 g/mol. The van der Waals surface area contributed by atoms with Crippen LogP contribution < -0.4 is 10.1 Å². The lowest BCUT2D eigenvalue weighted by Crippen LogP contribution is -2.37. The summed E-state index contributed by atoms with van der Waals surface area (Å²) in [5.74, 6) is 1.36. The number of hydrogen-bond acceptors (Lipinski definition) is 4. The fraction of sp³-hybridized carbons (Fsp3) is 0.429. The van der Waals surface area contributed by atoms with Crippen LogP contribution in [-0.4, -0.2) is 35.5 Å². The van der Waals surface area contributed by atoms with E-state index in [4.69, 9.17) is 4.74 Å². The van der Waals surface area contributed by atoms with Crippen molar-refractivity contribution in [3.8, 4) is 5.75 Å². The molecule has 27 heavy (non-hydrogen) atoms. The van der Waals surface area contributed by atoms with Gasteiger partial charge in [-0.15, -0.1) is 0 Å². The van der Waals surface area contributed by atoms with Crippen LogP contribution >= 0.6 is 0 Å². The zero-order valence-corrected chi connectivity index (χ0v) is 15.5. The van der Waals surface area contributed by atoms with E-state index < -0.39 is 0 Å². The van der Waals surface area contributed by atoms with E-state index in [1.165, 1.54) is 6.07 Å². The number of carbonyl (C=O) groups is 1. The summed E-state index contributed by atoms with van der Waals surface area (Å²) in [5.41, 5.74) is 1.40. The first-order valence-electron chi connectivity index (χ1n) is 9.55. The second-order valence-electron chi connectivity index (χ2n) is 7.40. The number of amides is 1. The van der Waals surface area contributed by atoms with Gasteiger partial charge in [-0.2, -0.15) is 0 Å². The highest BCUT2D eigenvalue weighted by Gasteiger charge is 2.25. The largest absolute Gasteiger partial charge is 0.490 e. The van der Waals surface area contributed by atoms with E-state index in [1.54, 1.807) is 12.3 Å². The molecule has 0 spiro atoms. The highest BCUT2D eigenvalue weighted by atomic mass is 19.1. The molecule has 1 atom stereocenters. The Hall–Kier alpha value is -2.63. The third-order valence-electron chi connectivity index (χ3n) is 5.43. The Kier molecular flexibility index (Phi) is 4.97. The van der Waals surface area contributed by atoms with Crippen molar-refractivity contribution in [1.29, 1.82) is 0 Å². The SMILES string of the molecule is CC1CCN(C(=O)c2ccc(N[C@H]3CCOc4c(F)cccc43)nc2)CC1. The molecule has 0 aliphatic carbocycles. The fourth-order valence-corrected chi connectivity index (χ4v) is 3.71. The Labute approximate surface area is 158 Å². The van der Waals surface area contributed by atoms with Gasteiger partial charge in [-0.1, -0.05) is 19.1 Å². The lowest BCUT2D eigenvalue weighted by Gasteiger charge is -2.30. The normalized spacial score (nSPS) is 19.9. The highest BCUT2D eigenvalue weighted by molar-refractivity contribution is 5.94.